The van der Waals surface area contributed by atoms with Crippen molar-refractivity contribution in [1.29, 1.82) is 0 Å². The second kappa shape index (κ2) is 8.54. The lowest BCUT2D eigenvalue weighted by atomic mass is 10.1. The number of nitrogens with one attached hydrogen (secondary N) is 1. The molecule has 144 valence electrons. The van der Waals surface area contributed by atoms with Gasteiger partial charge in [0.2, 0.25) is 15.9 Å². The van der Waals surface area contributed by atoms with Crippen LogP contribution in [0.5, 0.6) is 5.75 Å². The van der Waals surface area contributed by atoms with Crippen molar-refractivity contribution in [1.82, 2.24) is 4.31 Å². The number of hydrogen-bond acceptors (Lipinski definition) is 4. The van der Waals surface area contributed by atoms with E-state index in [4.69, 9.17) is 4.74 Å². The summed E-state index contributed by atoms with van der Waals surface area (Å²) >= 11 is 0. The fourth-order valence-corrected chi connectivity index (χ4v) is 4.83. The molecule has 0 aromatic heterocycles. The van der Waals surface area contributed by atoms with Crippen molar-refractivity contribution in [2.75, 3.05) is 25.5 Å². The number of anilines is 1. The maximum Gasteiger partial charge on any atom is 0.245 e. The number of benzene rings is 2. The summed E-state index contributed by atoms with van der Waals surface area (Å²) in [6.07, 6.45) is 2.94. The number of ether oxygens (including phenoxy) is 1. The number of rotatable bonds is 6. The third kappa shape index (κ3) is 4.67. The van der Waals surface area contributed by atoms with E-state index in [9.17, 15) is 13.2 Å². The minimum absolute atomic E-state index is 0.148. The fraction of sp³-hybridized carbons (Fsp3) is 0.350. The van der Waals surface area contributed by atoms with Gasteiger partial charge in [0.1, 0.15) is 10.6 Å². The highest BCUT2D eigenvalue weighted by atomic mass is 32.2. The molecule has 0 atom stereocenters. The van der Waals surface area contributed by atoms with Crippen LogP contribution in [0.4, 0.5) is 5.69 Å². The monoisotopic (exact) mass is 388 g/mol. The van der Waals surface area contributed by atoms with E-state index < -0.39 is 10.0 Å². The predicted molar refractivity (Wildman–Crippen MR) is 104 cm³/mol. The van der Waals surface area contributed by atoms with E-state index >= 15 is 0 Å². The van der Waals surface area contributed by atoms with E-state index in [-0.39, 0.29) is 17.2 Å². The number of methoxy groups -OCH3 is 1. The standard InChI is InChI=1S/C20H24N2O4S/c1-26-17-11-9-16(10-12-17)15-20(23)21-18-7-3-4-8-19(18)27(24,25)22-13-5-2-6-14-22/h3-4,7-12H,2,5-6,13-15H2,1H3,(H,21,23). The van der Waals surface area contributed by atoms with Gasteiger partial charge in [-0.25, -0.2) is 8.42 Å². The number of hydrogen-bond donors (Lipinski definition) is 1. The van der Waals surface area contributed by atoms with Gasteiger partial charge in [0.15, 0.2) is 0 Å². The zero-order valence-corrected chi connectivity index (χ0v) is 16.2. The lowest BCUT2D eigenvalue weighted by molar-refractivity contribution is -0.115. The van der Waals surface area contributed by atoms with Gasteiger partial charge >= 0.3 is 0 Å². The van der Waals surface area contributed by atoms with Crippen LogP contribution >= 0.6 is 0 Å². The summed E-state index contributed by atoms with van der Waals surface area (Å²) in [5.41, 5.74) is 1.14. The third-order valence-corrected chi connectivity index (χ3v) is 6.57. The average Bonchev–Trinajstić information content (AvgIpc) is 2.69. The number of carbonyl (C=O) groups is 1. The number of nitrogens with zero attached hydrogens (tertiary/aromatic N) is 1. The molecule has 2 aromatic rings. The van der Waals surface area contributed by atoms with Gasteiger partial charge in [0, 0.05) is 13.1 Å². The van der Waals surface area contributed by atoms with Gasteiger partial charge in [-0.2, -0.15) is 4.31 Å². The molecule has 0 bridgehead atoms. The second-order valence-electron chi connectivity index (χ2n) is 6.53. The molecule has 6 nitrogen and oxygen atoms in total. The molecule has 1 aliphatic heterocycles. The Hall–Kier alpha value is -2.38. The van der Waals surface area contributed by atoms with Crippen LogP contribution in [0.25, 0.3) is 0 Å². The summed E-state index contributed by atoms with van der Waals surface area (Å²) in [5.74, 6) is 0.457. The Labute approximate surface area is 160 Å². The van der Waals surface area contributed by atoms with E-state index in [1.54, 1.807) is 43.5 Å². The van der Waals surface area contributed by atoms with Crippen LogP contribution in [-0.4, -0.2) is 38.8 Å². The highest BCUT2D eigenvalue weighted by Crippen LogP contribution is 2.27. The Morgan fingerprint density at radius 3 is 2.37 bits per heavy atom. The molecular formula is C20H24N2O4S. The second-order valence-corrected chi connectivity index (χ2v) is 8.44. The van der Waals surface area contributed by atoms with Crippen molar-refractivity contribution < 1.29 is 17.9 Å². The third-order valence-electron chi connectivity index (χ3n) is 4.62. The van der Waals surface area contributed by atoms with Gasteiger partial charge in [-0.05, 0) is 42.7 Å². The van der Waals surface area contributed by atoms with E-state index in [1.165, 1.54) is 4.31 Å². The van der Waals surface area contributed by atoms with Crippen LogP contribution in [0.1, 0.15) is 24.8 Å². The van der Waals surface area contributed by atoms with Crippen LogP contribution in [-0.2, 0) is 21.2 Å². The average molecular weight is 388 g/mol. The molecule has 27 heavy (non-hydrogen) atoms. The molecule has 1 amide bonds. The highest BCUT2D eigenvalue weighted by molar-refractivity contribution is 7.89. The first-order chi connectivity index (χ1) is 13.0. The number of piperidine rings is 1. The van der Waals surface area contributed by atoms with E-state index in [0.717, 1.165) is 30.6 Å². The molecule has 1 saturated heterocycles. The number of para-hydroxylation sites is 1. The molecule has 0 unspecified atom stereocenters. The zero-order chi connectivity index (χ0) is 19.3. The summed E-state index contributed by atoms with van der Waals surface area (Å²) in [7, 11) is -2.03. The quantitative estimate of drug-likeness (QED) is 0.825. The summed E-state index contributed by atoms with van der Waals surface area (Å²) < 4.78 is 32.6. The van der Waals surface area contributed by atoms with Gasteiger partial charge in [0.25, 0.3) is 0 Å². The summed E-state index contributed by atoms with van der Waals surface area (Å²) in [6.45, 7) is 1.05. The van der Waals surface area contributed by atoms with Crippen molar-refractivity contribution in [3.8, 4) is 5.75 Å². The molecule has 3 rings (SSSR count). The Bertz CT molecular complexity index is 888. The molecule has 1 heterocycles. The normalized spacial score (nSPS) is 15.3. The molecule has 1 N–H and O–H groups in total. The Morgan fingerprint density at radius 1 is 1.04 bits per heavy atom. The molecule has 1 aliphatic rings. The molecule has 0 saturated carbocycles. The molecule has 1 fully saturated rings. The lowest BCUT2D eigenvalue weighted by Crippen LogP contribution is -2.36. The van der Waals surface area contributed by atoms with E-state index in [1.807, 2.05) is 12.1 Å². The predicted octanol–water partition coefficient (Wildman–Crippen LogP) is 3.05. The number of amides is 1. The van der Waals surface area contributed by atoms with Gasteiger partial charge < -0.3 is 10.1 Å². The van der Waals surface area contributed by atoms with Gasteiger partial charge in [-0.3, -0.25) is 4.79 Å². The Morgan fingerprint density at radius 2 is 1.70 bits per heavy atom. The van der Waals surface area contributed by atoms with Crippen molar-refractivity contribution in [2.24, 2.45) is 0 Å². The summed E-state index contributed by atoms with van der Waals surface area (Å²) in [4.78, 5) is 12.6. The maximum absolute atomic E-state index is 13.0. The first kappa shape index (κ1) is 19.4. The number of carbonyl (C=O) groups excluding carboxylic acids is 1. The van der Waals surface area contributed by atoms with E-state index in [0.29, 0.717) is 18.8 Å². The molecule has 2 aromatic carbocycles. The van der Waals surface area contributed by atoms with Gasteiger partial charge in [0.05, 0.1) is 19.2 Å². The SMILES string of the molecule is COc1ccc(CC(=O)Nc2ccccc2S(=O)(=O)N2CCCCC2)cc1. The summed E-state index contributed by atoms with van der Waals surface area (Å²) in [6, 6.07) is 13.8. The molecule has 7 heteroatoms. The Balaban J connectivity index is 1.76. The van der Waals surface area contributed by atoms with Crippen molar-refractivity contribution in [3.05, 3.63) is 54.1 Å². The molecule has 0 radical (unpaired) electrons. The molecule has 0 spiro atoms. The smallest absolute Gasteiger partial charge is 0.245 e. The van der Waals surface area contributed by atoms with Crippen LogP contribution in [0, 0.1) is 0 Å². The van der Waals surface area contributed by atoms with Crippen LogP contribution in [0.15, 0.2) is 53.4 Å². The minimum Gasteiger partial charge on any atom is -0.497 e. The maximum atomic E-state index is 13.0. The topological polar surface area (TPSA) is 75.7 Å². The van der Waals surface area contributed by atoms with Gasteiger partial charge in [-0.1, -0.05) is 30.7 Å². The fourth-order valence-electron chi connectivity index (χ4n) is 3.16. The molecule has 0 aliphatic carbocycles. The minimum atomic E-state index is -3.62. The van der Waals surface area contributed by atoms with Crippen molar-refractivity contribution in [3.63, 3.8) is 0 Å². The van der Waals surface area contributed by atoms with E-state index in [2.05, 4.69) is 5.32 Å². The summed E-state index contributed by atoms with van der Waals surface area (Å²) in [5, 5.41) is 2.76. The zero-order valence-electron chi connectivity index (χ0n) is 15.3. The number of sulfonamides is 1. The largest absolute Gasteiger partial charge is 0.497 e. The highest BCUT2D eigenvalue weighted by Gasteiger charge is 2.28. The van der Waals surface area contributed by atoms with Crippen molar-refractivity contribution in [2.45, 2.75) is 30.6 Å². The Kier molecular flexibility index (Phi) is 6.13. The van der Waals surface area contributed by atoms with Crippen LogP contribution in [0.2, 0.25) is 0 Å². The van der Waals surface area contributed by atoms with Crippen molar-refractivity contribution >= 4 is 21.6 Å². The lowest BCUT2D eigenvalue weighted by Gasteiger charge is -2.26. The van der Waals surface area contributed by atoms with Crippen LogP contribution < -0.4 is 10.1 Å². The molecular weight excluding hydrogens is 364 g/mol. The first-order valence-corrected chi connectivity index (χ1v) is 10.5. The van der Waals surface area contributed by atoms with Gasteiger partial charge in [-0.15, -0.1) is 0 Å². The van der Waals surface area contributed by atoms with Crippen LogP contribution in [0.3, 0.4) is 0 Å². The first-order valence-electron chi connectivity index (χ1n) is 9.02.